The molecule has 0 unspecified atom stereocenters. The Morgan fingerprint density at radius 3 is 2.16 bits per heavy atom. The molecule has 196 valence electrons. The number of carboxylic acids is 3. The molecule has 12 heteroatoms. The molecule has 3 aromatic rings. The topological polar surface area (TPSA) is 214 Å². The highest BCUT2D eigenvalue weighted by molar-refractivity contribution is 5.91. The highest BCUT2D eigenvalue weighted by atomic mass is 16.4. The number of aliphatic imine (C=N–C) groups is 1. The quantitative estimate of drug-likeness (QED) is 0.300. The number of hydrogen-bond acceptors (Lipinski definition) is 9. The molecule has 0 aliphatic carbocycles. The summed E-state index contributed by atoms with van der Waals surface area (Å²) in [6.07, 6.45) is 3.54. The molecule has 0 atom stereocenters. The van der Waals surface area contributed by atoms with Gasteiger partial charge in [-0.3, -0.25) is 19.4 Å². The number of nitrogen functional groups attached to an aromatic ring is 1. The zero-order valence-corrected chi connectivity index (χ0v) is 20.7. The molecule has 12 nitrogen and oxygen atoms in total. The summed E-state index contributed by atoms with van der Waals surface area (Å²) in [6, 6.07) is 14.3. The minimum absolute atomic E-state index is 0.239. The normalized spacial score (nSPS) is 10.3. The van der Waals surface area contributed by atoms with Gasteiger partial charge < -0.3 is 32.1 Å². The van der Waals surface area contributed by atoms with Gasteiger partial charge in [-0.2, -0.15) is 4.98 Å². The fourth-order valence-corrected chi connectivity index (χ4v) is 3.01. The van der Waals surface area contributed by atoms with E-state index in [0.29, 0.717) is 18.9 Å². The van der Waals surface area contributed by atoms with Crippen molar-refractivity contribution in [3.63, 3.8) is 0 Å². The average molecular weight is 511 g/mol. The molecule has 2 heterocycles. The number of nitrogens with one attached hydrogen (secondary N) is 1. The molecule has 0 bridgehead atoms. The van der Waals surface area contributed by atoms with Gasteiger partial charge in [0.1, 0.15) is 5.82 Å². The van der Waals surface area contributed by atoms with Crippen LogP contribution in [-0.4, -0.2) is 49.4 Å². The monoisotopic (exact) mass is 510 g/mol. The molecule has 1 aliphatic heterocycles. The summed E-state index contributed by atoms with van der Waals surface area (Å²) in [4.78, 5) is 39.5. The van der Waals surface area contributed by atoms with Crippen LogP contribution in [0.2, 0.25) is 0 Å². The zero-order valence-electron chi connectivity index (χ0n) is 20.7. The Labute approximate surface area is 213 Å². The SMILES string of the molecule is CC(=O)O.CC(=O)O.CC(=O)O.NCc1cccc(-c2cc(Nc3ccnc(N)n3)cc3c2CN=C3)c1. The molecule has 0 fully saturated rings. The maximum atomic E-state index is 9.00. The van der Waals surface area contributed by atoms with Crippen molar-refractivity contribution in [1.29, 1.82) is 0 Å². The molecular formula is C25H30N6O6. The van der Waals surface area contributed by atoms with Gasteiger partial charge in [-0.1, -0.05) is 18.2 Å². The van der Waals surface area contributed by atoms with Gasteiger partial charge >= 0.3 is 0 Å². The van der Waals surface area contributed by atoms with Crippen LogP contribution in [0.4, 0.5) is 17.5 Å². The summed E-state index contributed by atoms with van der Waals surface area (Å²) in [7, 11) is 0. The number of benzene rings is 2. The van der Waals surface area contributed by atoms with Crippen LogP contribution >= 0.6 is 0 Å². The Morgan fingerprint density at radius 1 is 0.973 bits per heavy atom. The molecule has 0 saturated heterocycles. The van der Waals surface area contributed by atoms with E-state index in [2.05, 4.69) is 44.5 Å². The van der Waals surface area contributed by atoms with Gasteiger partial charge in [0.25, 0.3) is 17.9 Å². The summed E-state index contributed by atoms with van der Waals surface area (Å²) < 4.78 is 0. The number of aliphatic carboxylic acids is 3. The van der Waals surface area contributed by atoms with Crippen LogP contribution in [0.25, 0.3) is 11.1 Å². The van der Waals surface area contributed by atoms with Crippen LogP contribution in [0.5, 0.6) is 0 Å². The molecule has 0 spiro atoms. The van der Waals surface area contributed by atoms with Gasteiger partial charge in [0.2, 0.25) is 5.95 Å². The second-order valence-electron chi connectivity index (χ2n) is 7.45. The molecule has 1 aliphatic rings. The Bertz CT molecular complexity index is 1220. The fraction of sp³-hybridized carbons (Fsp3) is 0.200. The first kappa shape index (κ1) is 30.2. The largest absolute Gasteiger partial charge is 0.481 e. The minimum Gasteiger partial charge on any atom is -0.481 e. The maximum Gasteiger partial charge on any atom is 0.300 e. The predicted octanol–water partition coefficient (Wildman–Crippen LogP) is 3.13. The van der Waals surface area contributed by atoms with E-state index in [1.165, 1.54) is 5.56 Å². The minimum atomic E-state index is -0.833. The van der Waals surface area contributed by atoms with Crippen LogP contribution in [0.1, 0.15) is 37.5 Å². The summed E-state index contributed by atoms with van der Waals surface area (Å²) in [6.45, 7) is 4.46. The Balaban J connectivity index is 0.000000482. The molecule has 0 amide bonds. The number of fused-ring (bicyclic) bond motifs is 1. The molecule has 8 N–H and O–H groups in total. The third-order valence-corrected chi connectivity index (χ3v) is 4.18. The van der Waals surface area contributed by atoms with Crippen molar-refractivity contribution < 1.29 is 29.7 Å². The van der Waals surface area contributed by atoms with Crippen LogP contribution in [-0.2, 0) is 27.5 Å². The first-order valence-electron chi connectivity index (χ1n) is 10.8. The molecule has 1 aromatic heterocycles. The second kappa shape index (κ2) is 15.2. The lowest BCUT2D eigenvalue weighted by Gasteiger charge is -2.13. The summed E-state index contributed by atoms with van der Waals surface area (Å²) >= 11 is 0. The van der Waals surface area contributed by atoms with Gasteiger partial charge in [-0.25, -0.2) is 4.98 Å². The van der Waals surface area contributed by atoms with E-state index in [1.54, 1.807) is 12.3 Å². The van der Waals surface area contributed by atoms with Crippen LogP contribution in [0, 0.1) is 0 Å². The zero-order chi connectivity index (χ0) is 28.0. The lowest BCUT2D eigenvalue weighted by molar-refractivity contribution is -0.135. The first-order valence-corrected chi connectivity index (χ1v) is 10.8. The highest BCUT2D eigenvalue weighted by Crippen LogP contribution is 2.33. The summed E-state index contributed by atoms with van der Waals surface area (Å²) in [5, 5.41) is 25.5. The van der Waals surface area contributed by atoms with Crippen molar-refractivity contribution in [3.8, 4) is 11.1 Å². The van der Waals surface area contributed by atoms with Gasteiger partial charge in [0.15, 0.2) is 0 Å². The van der Waals surface area contributed by atoms with Gasteiger partial charge in [0, 0.05) is 51.0 Å². The van der Waals surface area contributed by atoms with Crippen molar-refractivity contribution in [2.75, 3.05) is 11.1 Å². The first-order chi connectivity index (χ1) is 17.4. The third-order valence-electron chi connectivity index (χ3n) is 4.18. The van der Waals surface area contributed by atoms with Crippen LogP contribution in [0.3, 0.4) is 0 Å². The van der Waals surface area contributed by atoms with Crippen molar-refractivity contribution in [2.24, 2.45) is 10.7 Å². The van der Waals surface area contributed by atoms with Crippen molar-refractivity contribution in [1.82, 2.24) is 9.97 Å². The molecular weight excluding hydrogens is 480 g/mol. The van der Waals surface area contributed by atoms with E-state index in [4.69, 9.17) is 41.2 Å². The Hall–Kier alpha value is -4.84. The Kier molecular flexibility index (Phi) is 12.4. The van der Waals surface area contributed by atoms with E-state index in [9.17, 15) is 0 Å². The number of hydrogen-bond donors (Lipinski definition) is 6. The van der Waals surface area contributed by atoms with Crippen molar-refractivity contribution in [3.05, 3.63) is 65.4 Å². The number of rotatable bonds is 4. The number of aromatic nitrogens is 2. The number of carbonyl (C=O) groups is 3. The van der Waals surface area contributed by atoms with Crippen molar-refractivity contribution >= 4 is 41.6 Å². The smallest absolute Gasteiger partial charge is 0.300 e. The molecule has 0 saturated carbocycles. The molecule has 0 radical (unpaired) electrons. The average Bonchev–Trinajstić information content (AvgIpc) is 3.26. The van der Waals surface area contributed by atoms with E-state index >= 15 is 0 Å². The van der Waals surface area contributed by atoms with Gasteiger partial charge in [-0.05, 0) is 46.5 Å². The third kappa shape index (κ3) is 11.9. The molecule has 2 aromatic carbocycles. The van der Waals surface area contributed by atoms with E-state index < -0.39 is 17.9 Å². The fourth-order valence-electron chi connectivity index (χ4n) is 3.01. The number of carboxylic acid groups (broad SMARTS) is 3. The summed E-state index contributed by atoms with van der Waals surface area (Å²) in [5.41, 5.74) is 18.1. The van der Waals surface area contributed by atoms with Crippen LogP contribution < -0.4 is 16.8 Å². The molecule has 37 heavy (non-hydrogen) atoms. The number of nitrogens with zero attached hydrogens (tertiary/aromatic N) is 3. The van der Waals surface area contributed by atoms with E-state index in [-0.39, 0.29) is 5.95 Å². The summed E-state index contributed by atoms with van der Waals surface area (Å²) in [5.74, 6) is -1.60. The van der Waals surface area contributed by atoms with Crippen molar-refractivity contribution in [2.45, 2.75) is 33.9 Å². The highest BCUT2D eigenvalue weighted by Gasteiger charge is 2.15. The Morgan fingerprint density at radius 2 is 1.59 bits per heavy atom. The van der Waals surface area contributed by atoms with Gasteiger partial charge in [-0.15, -0.1) is 0 Å². The van der Waals surface area contributed by atoms with E-state index in [0.717, 1.165) is 48.7 Å². The second-order valence-corrected chi connectivity index (χ2v) is 7.45. The number of anilines is 3. The lowest BCUT2D eigenvalue weighted by atomic mass is 9.95. The van der Waals surface area contributed by atoms with E-state index in [1.807, 2.05) is 18.3 Å². The lowest BCUT2D eigenvalue weighted by Crippen LogP contribution is -2.01. The predicted molar refractivity (Wildman–Crippen MR) is 141 cm³/mol. The number of nitrogens with two attached hydrogens (primary N) is 2. The van der Waals surface area contributed by atoms with Crippen LogP contribution in [0.15, 0.2) is 53.7 Å². The standard InChI is InChI=1S/C19H18N6.3C2H4O2/c20-9-12-2-1-3-13(6-12)16-8-15(7-14-10-22-11-17(14)16)24-18-4-5-23-19(21)25-18;3*1-2(3)4/h1-8,10H,9,11,20H2,(H3,21,23,24,25);3*1H3,(H,3,4). The van der Waals surface area contributed by atoms with Gasteiger partial charge in [0.05, 0.1) is 6.54 Å². The maximum absolute atomic E-state index is 9.00. The molecule has 4 rings (SSSR count).